The van der Waals surface area contributed by atoms with Crippen LogP contribution in [-0.4, -0.2) is 66.2 Å². The first-order chi connectivity index (χ1) is 15.8. The van der Waals surface area contributed by atoms with E-state index in [2.05, 4.69) is 20.5 Å². The van der Waals surface area contributed by atoms with Gasteiger partial charge in [0.05, 0.1) is 11.5 Å². The molecular formula is C22H29FN6O3S. The van der Waals surface area contributed by atoms with E-state index in [0.29, 0.717) is 50.5 Å². The Morgan fingerprint density at radius 2 is 2.18 bits per heavy atom. The zero-order chi connectivity index (χ0) is 23.6. The summed E-state index contributed by atoms with van der Waals surface area (Å²) in [6.07, 6.45) is 4.06. The molecule has 0 bridgehead atoms. The van der Waals surface area contributed by atoms with Crippen LogP contribution in [0.2, 0.25) is 0 Å². The van der Waals surface area contributed by atoms with Crippen molar-refractivity contribution in [1.29, 1.82) is 0 Å². The predicted molar refractivity (Wildman–Crippen MR) is 125 cm³/mol. The summed E-state index contributed by atoms with van der Waals surface area (Å²) in [5, 5.41) is 12.2. The van der Waals surface area contributed by atoms with Crippen LogP contribution in [0.1, 0.15) is 36.6 Å². The molecule has 3 aromatic rings. The lowest BCUT2D eigenvalue weighted by Crippen LogP contribution is -2.26. The third-order valence-corrected chi connectivity index (χ3v) is 7.98. The van der Waals surface area contributed by atoms with E-state index >= 15 is 0 Å². The Bertz CT molecular complexity index is 1250. The summed E-state index contributed by atoms with van der Waals surface area (Å²) in [7, 11) is 0.426. The number of aromatic nitrogens is 4. The van der Waals surface area contributed by atoms with Gasteiger partial charge in [-0.2, -0.15) is 0 Å². The van der Waals surface area contributed by atoms with Crippen LogP contribution < -0.4 is 10.2 Å². The highest BCUT2D eigenvalue weighted by atomic mass is 32.2. The number of rotatable bonds is 9. The van der Waals surface area contributed by atoms with E-state index in [4.69, 9.17) is 0 Å². The standard InChI is InChI=1S/C22H29FN6O3S/c1-24-20(30)4-3-9-28(2)22-27-26-21(16-8-11-33(31,32)14-16)29(22)10-7-15-13-25-19-6-5-17(23)12-18(15)19/h5-6,12-13,16,25H,3-4,7-11,14H2,1-2H3,(H,24,30). The molecule has 1 fully saturated rings. The second-order valence-electron chi connectivity index (χ2n) is 8.56. The second-order valence-corrected chi connectivity index (χ2v) is 10.8. The molecule has 1 aromatic carbocycles. The quantitative estimate of drug-likeness (QED) is 0.489. The van der Waals surface area contributed by atoms with Gasteiger partial charge in [0.1, 0.15) is 11.6 Å². The number of nitrogens with one attached hydrogen (secondary N) is 2. The van der Waals surface area contributed by atoms with Crippen LogP contribution in [0, 0.1) is 5.82 Å². The largest absolute Gasteiger partial charge is 0.361 e. The number of hydrogen-bond donors (Lipinski definition) is 2. The molecule has 1 aliphatic rings. The lowest BCUT2D eigenvalue weighted by molar-refractivity contribution is -0.120. The van der Waals surface area contributed by atoms with Crippen molar-refractivity contribution < 1.29 is 17.6 Å². The predicted octanol–water partition coefficient (Wildman–Crippen LogP) is 2.01. The SMILES string of the molecule is CNC(=O)CCCN(C)c1nnc(C2CCS(=O)(=O)C2)n1CCc1c[nH]c2ccc(F)cc12. The molecule has 178 valence electrons. The number of halogens is 1. The maximum absolute atomic E-state index is 13.8. The van der Waals surface area contributed by atoms with Crippen LogP contribution in [0.5, 0.6) is 0 Å². The molecule has 1 unspecified atom stereocenters. The summed E-state index contributed by atoms with van der Waals surface area (Å²) < 4.78 is 39.9. The van der Waals surface area contributed by atoms with Gasteiger partial charge in [-0.15, -0.1) is 10.2 Å². The van der Waals surface area contributed by atoms with Gasteiger partial charge >= 0.3 is 0 Å². The molecule has 3 heterocycles. The Morgan fingerprint density at radius 3 is 2.91 bits per heavy atom. The number of carbonyl (C=O) groups excluding carboxylic acids is 1. The van der Waals surface area contributed by atoms with Gasteiger partial charge in [0.25, 0.3) is 0 Å². The van der Waals surface area contributed by atoms with E-state index in [0.717, 1.165) is 16.5 Å². The minimum absolute atomic E-state index is 0.0201. The molecule has 0 radical (unpaired) electrons. The topological polar surface area (TPSA) is 113 Å². The number of nitrogens with zero attached hydrogens (tertiary/aromatic N) is 4. The average molecular weight is 477 g/mol. The maximum atomic E-state index is 13.8. The average Bonchev–Trinajstić information content (AvgIpc) is 3.47. The first-order valence-corrected chi connectivity index (χ1v) is 12.9. The van der Waals surface area contributed by atoms with E-state index in [1.165, 1.54) is 12.1 Å². The number of benzene rings is 1. The normalized spacial score (nSPS) is 17.5. The number of H-pyrrole nitrogens is 1. The van der Waals surface area contributed by atoms with Crippen LogP contribution in [0.15, 0.2) is 24.4 Å². The number of carbonyl (C=O) groups is 1. The van der Waals surface area contributed by atoms with Crippen LogP contribution in [0.3, 0.4) is 0 Å². The molecule has 11 heteroatoms. The van der Waals surface area contributed by atoms with Crippen LogP contribution in [-0.2, 0) is 27.6 Å². The van der Waals surface area contributed by atoms with Gasteiger partial charge in [-0.3, -0.25) is 9.36 Å². The van der Waals surface area contributed by atoms with Gasteiger partial charge in [0.15, 0.2) is 9.84 Å². The minimum atomic E-state index is -3.08. The van der Waals surface area contributed by atoms with Crippen LogP contribution in [0.4, 0.5) is 10.3 Å². The van der Waals surface area contributed by atoms with Crippen molar-refractivity contribution in [3.63, 3.8) is 0 Å². The monoisotopic (exact) mass is 476 g/mol. The second kappa shape index (κ2) is 9.50. The number of sulfone groups is 1. The summed E-state index contributed by atoms with van der Waals surface area (Å²) in [4.78, 5) is 16.7. The summed E-state index contributed by atoms with van der Waals surface area (Å²) in [6, 6.07) is 4.66. The molecule has 2 N–H and O–H groups in total. The van der Waals surface area contributed by atoms with Crippen LogP contribution in [0.25, 0.3) is 10.9 Å². The third kappa shape index (κ3) is 5.18. The maximum Gasteiger partial charge on any atom is 0.226 e. The zero-order valence-electron chi connectivity index (χ0n) is 18.8. The van der Waals surface area contributed by atoms with Crippen LogP contribution >= 0.6 is 0 Å². The van der Waals surface area contributed by atoms with E-state index in [-0.39, 0.29) is 29.1 Å². The Balaban J connectivity index is 1.58. The first-order valence-electron chi connectivity index (χ1n) is 11.1. The summed E-state index contributed by atoms with van der Waals surface area (Å²) in [6.45, 7) is 1.13. The van der Waals surface area contributed by atoms with E-state index in [1.54, 1.807) is 13.1 Å². The molecule has 0 spiro atoms. The number of aryl methyl sites for hydroxylation is 1. The number of fused-ring (bicyclic) bond motifs is 1. The number of aromatic amines is 1. The Labute approximate surface area is 192 Å². The molecule has 1 aliphatic heterocycles. The Morgan fingerprint density at radius 1 is 1.36 bits per heavy atom. The molecule has 1 atom stereocenters. The fourth-order valence-corrected chi connectivity index (χ4v) is 6.13. The summed E-state index contributed by atoms with van der Waals surface area (Å²) >= 11 is 0. The molecule has 4 rings (SSSR count). The van der Waals surface area contributed by atoms with Crippen molar-refractivity contribution in [2.75, 3.05) is 37.0 Å². The van der Waals surface area contributed by atoms with Crippen molar-refractivity contribution in [2.45, 2.75) is 38.1 Å². The number of amides is 1. The lowest BCUT2D eigenvalue weighted by atomic mass is 10.1. The lowest BCUT2D eigenvalue weighted by Gasteiger charge is -2.20. The van der Waals surface area contributed by atoms with E-state index in [1.807, 2.05) is 22.7 Å². The first kappa shape index (κ1) is 23.2. The molecule has 1 saturated heterocycles. The van der Waals surface area contributed by atoms with Crippen molar-refractivity contribution in [1.82, 2.24) is 25.1 Å². The number of hydrogen-bond acceptors (Lipinski definition) is 6. The minimum Gasteiger partial charge on any atom is -0.361 e. The molecule has 33 heavy (non-hydrogen) atoms. The Hall–Kier alpha value is -2.95. The van der Waals surface area contributed by atoms with E-state index < -0.39 is 9.84 Å². The highest BCUT2D eigenvalue weighted by molar-refractivity contribution is 7.91. The number of anilines is 1. The van der Waals surface area contributed by atoms with Gasteiger partial charge in [0, 0.05) is 56.6 Å². The van der Waals surface area contributed by atoms with Gasteiger partial charge in [-0.05, 0) is 43.0 Å². The fourth-order valence-electron chi connectivity index (χ4n) is 4.40. The fraction of sp³-hybridized carbons (Fsp3) is 0.500. The van der Waals surface area contributed by atoms with Gasteiger partial charge in [-0.25, -0.2) is 12.8 Å². The molecule has 9 nitrogen and oxygen atoms in total. The molecular weight excluding hydrogens is 447 g/mol. The highest BCUT2D eigenvalue weighted by Gasteiger charge is 2.33. The third-order valence-electron chi connectivity index (χ3n) is 6.21. The zero-order valence-corrected chi connectivity index (χ0v) is 19.7. The molecule has 1 amide bonds. The molecule has 0 aliphatic carbocycles. The van der Waals surface area contributed by atoms with E-state index in [9.17, 15) is 17.6 Å². The summed E-state index contributed by atoms with van der Waals surface area (Å²) in [5.41, 5.74) is 1.83. The van der Waals surface area contributed by atoms with Gasteiger partial charge in [0.2, 0.25) is 11.9 Å². The van der Waals surface area contributed by atoms with Gasteiger partial charge < -0.3 is 15.2 Å². The smallest absolute Gasteiger partial charge is 0.226 e. The molecule has 2 aromatic heterocycles. The highest BCUT2D eigenvalue weighted by Crippen LogP contribution is 2.30. The van der Waals surface area contributed by atoms with Crippen molar-refractivity contribution in [2.24, 2.45) is 0 Å². The van der Waals surface area contributed by atoms with Crippen molar-refractivity contribution in [3.8, 4) is 0 Å². The molecule has 0 saturated carbocycles. The van der Waals surface area contributed by atoms with Crippen molar-refractivity contribution >= 4 is 32.6 Å². The summed E-state index contributed by atoms with van der Waals surface area (Å²) in [5.74, 6) is 1.02. The van der Waals surface area contributed by atoms with Crippen molar-refractivity contribution in [3.05, 3.63) is 41.6 Å². The Kier molecular flexibility index (Phi) is 6.68. The van der Waals surface area contributed by atoms with Gasteiger partial charge in [-0.1, -0.05) is 0 Å².